The van der Waals surface area contributed by atoms with E-state index in [4.69, 9.17) is 0 Å². The first kappa shape index (κ1) is 11.9. The van der Waals surface area contributed by atoms with Gasteiger partial charge in [0, 0.05) is 0 Å². The molecule has 0 aliphatic heterocycles. The highest BCUT2D eigenvalue weighted by molar-refractivity contribution is 5.11. The minimum atomic E-state index is 0. The Balaban J connectivity index is 0. The Kier molecular flexibility index (Phi) is 9.69. The van der Waals surface area contributed by atoms with Gasteiger partial charge in [-0.15, -0.1) is 0 Å². The summed E-state index contributed by atoms with van der Waals surface area (Å²) in [5.74, 6) is 0. The maximum absolute atomic E-state index is 2.08. The molecule has 0 nitrogen and oxygen atoms in total. The van der Waals surface area contributed by atoms with Crippen LogP contribution in [0.1, 0.15) is 19.4 Å². The molecule has 0 aliphatic rings. The van der Waals surface area contributed by atoms with Crippen LogP contribution >= 0.6 is 0 Å². The lowest BCUT2D eigenvalue weighted by molar-refractivity contribution is 1.11. The van der Waals surface area contributed by atoms with Crippen LogP contribution in [-0.2, 0) is 0 Å². The van der Waals surface area contributed by atoms with Gasteiger partial charge in [-0.25, -0.2) is 0 Å². The third-order valence-electron chi connectivity index (χ3n) is 0.940. The molecular weight excluding hydrogens is 127 g/mol. The van der Waals surface area contributed by atoms with Crippen molar-refractivity contribution in [2.75, 3.05) is 0 Å². The van der Waals surface area contributed by atoms with E-state index < -0.39 is 0 Å². The van der Waals surface area contributed by atoms with E-state index in [1.807, 2.05) is 32.0 Å². The van der Waals surface area contributed by atoms with Crippen molar-refractivity contribution in [3.05, 3.63) is 35.9 Å². The zero-order valence-electron chi connectivity index (χ0n) is 6.79. The maximum atomic E-state index is 2.08. The van der Waals surface area contributed by atoms with E-state index in [-0.39, 0.29) is 4.70 Å². The normalized spacial score (nSPS) is 6.70. The van der Waals surface area contributed by atoms with Gasteiger partial charge < -0.3 is 0 Å². The van der Waals surface area contributed by atoms with E-state index in [0.29, 0.717) is 0 Å². The average molecular weight is 142 g/mol. The third kappa shape index (κ3) is 5.29. The van der Waals surface area contributed by atoms with Gasteiger partial charge in [0.25, 0.3) is 0 Å². The largest absolute Gasteiger partial charge is 0.269 e. The first-order chi connectivity index (χ1) is 4.39. The zero-order chi connectivity index (χ0) is 7.11. The van der Waals surface area contributed by atoms with Crippen molar-refractivity contribution in [1.82, 2.24) is 0 Å². The first-order valence-corrected chi connectivity index (χ1v) is 3.41. The van der Waals surface area contributed by atoms with E-state index in [1.54, 1.807) is 0 Å². The van der Waals surface area contributed by atoms with Gasteiger partial charge in [0.1, 0.15) is 0 Å². The van der Waals surface area contributed by atoms with E-state index in [0.717, 1.165) is 0 Å². The molecule has 0 saturated heterocycles. The number of hydrogen-bond acceptors (Lipinski definition) is 0. The SMILES string of the molecule is CC.Cc1ccccc1.F. The molecule has 0 atom stereocenters. The molecule has 0 unspecified atom stereocenters. The van der Waals surface area contributed by atoms with Gasteiger partial charge in [0.2, 0.25) is 0 Å². The van der Waals surface area contributed by atoms with Gasteiger partial charge >= 0.3 is 0 Å². The molecule has 0 amide bonds. The van der Waals surface area contributed by atoms with Crippen LogP contribution in [-0.4, -0.2) is 0 Å². The van der Waals surface area contributed by atoms with Gasteiger partial charge in [0.15, 0.2) is 0 Å². The number of halogens is 1. The van der Waals surface area contributed by atoms with Crippen molar-refractivity contribution in [1.29, 1.82) is 0 Å². The highest BCUT2D eigenvalue weighted by Gasteiger charge is 1.72. The van der Waals surface area contributed by atoms with Crippen LogP contribution in [0.5, 0.6) is 0 Å². The summed E-state index contributed by atoms with van der Waals surface area (Å²) < 4.78 is 0. The second kappa shape index (κ2) is 8.15. The summed E-state index contributed by atoms with van der Waals surface area (Å²) in [6, 6.07) is 10.3. The van der Waals surface area contributed by atoms with Gasteiger partial charge in [-0.3, -0.25) is 4.70 Å². The molecule has 1 heteroatoms. The van der Waals surface area contributed by atoms with Gasteiger partial charge in [-0.05, 0) is 6.92 Å². The lowest BCUT2D eigenvalue weighted by Gasteiger charge is -1.82. The van der Waals surface area contributed by atoms with E-state index in [1.165, 1.54) is 5.56 Å². The second-order valence-corrected chi connectivity index (χ2v) is 1.65. The molecule has 0 heterocycles. The third-order valence-corrected chi connectivity index (χ3v) is 0.940. The maximum Gasteiger partial charge on any atom is -0.0398 e. The fraction of sp³-hybridized carbons (Fsp3) is 0.333. The molecule has 0 fully saturated rings. The van der Waals surface area contributed by atoms with Crippen molar-refractivity contribution in [2.24, 2.45) is 0 Å². The summed E-state index contributed by atoms with van der Waals surface area (Å²) in [5.41, 5.74) is 1.32. The van der Waals surface area contributed by atoms with Crippen LogP contribution in [0.25, 0.3) is 0 Å². The van der Waals surface area contributed by atoms with Crippen LogP contribution in [0, 0.1) is 6.92 Å². The van der Waals surface area contributed by atoms with Crippen LogP contribution in [0.2, 0.25) is 0 Å². The minimum Gasteiger partial charge on any atom is -0.269 e. The Bertz CT molecular complexity index is 135. The molecule has 1 rings (SSSR count). The Morgan fingerprint density at radius 1 is 0.900 bits per heavy atom. The summed E-state index contributed by atoms with van der Waals surface area (Å²) >= 11 is 0. The van der Waals surface area contributed by atoms with E-state index in [2.05, 4.69) is 19.1 Å². The van der Waals surface area contributed by atoms with Gasteiger partial charge in [-0.1, -0.05) is 49.7 Å². The van der Waals surface area contributed by atoms with Crippen molar-refractivity contribution < 1.29 is 4.70 Å². The van der Waals surface area contributed by atoms with E-state index >= 15 is 0 Å². The zero-order valence-corrected chi connectivity index (χ0v) is 6.79. The first-order valence-electron chi connectivity index (χ1n) is 3.41. The van der Waals surface area contributed by atoms with Crippen molar-refractivity contribution >= 4 is 0 Å². The lowest BCUT2D eigenvalue weighted by atomic mass is 10.2. The van der Waals surface area contributed by atoms with Crippen molar-refractivity contribution in [3.63, 3.8) is 0 Å². The molecule has 1 aromatic rings. The minimum absolute atomic E-state index is 0. The molecule has 1 aromatic carbocycles. The summed E-state index contributed by atoms with van der Waals surface area (Å²) in [6.45, 7) is 6.08. The van der Waals surface area contributed by atoms with Gasteiger partial charge in [-0.2, -0.15) is 0 Å². The van der Waals surface area contributed by atoms with Crippen molar-refractivity contribution in [3.8, 4) is 0 Å². The molecule has 0 radical (unpaired) electrons. The van der Waals surface area contributed by atoms with Crippen molar-refractivity contribution in [2.45, 2.75) is 20.8 Å². The van der Waals surface area contributed by atoms with Crippen LogP contribution < -0.4 is 0 Å². The Labute approximate surface area is 62.3 Å². The summed E-state index contributed by atoms with van der Waals surface area (Å²) in [6.07, 6.45) is 0. The highest BCUT2D eigenvalue weighted by Crippen LogP contribution is 1.92. The number of benzene rings is 1. The summed E-state index contributed by atoms with van der Waals surface area (Å²) in [7, 11) is 0. The Hall–Kier alpha value is -0.850. The average Bonchev–Trinajstić information content (AvgIpc) is 1.94. The summed E-state index contributed by atoms with van der Waals surface area (Å²) in [4.78, 5) is 0. The molecule has 0 N–H and O–H groups in total. The van der Waals surface area contributed by atoms with Crippen LogP contribution in [0.3, 0.4) is 0 Å². The summed E-state index contributed by atoms with van der Waals surface area (Å²) in [5, 5.41) is 0. The highest BCUT2D eigenvalue weighted by atomic mass is 19.0. The number of hydrogen-bond donors (Lipinski definition) is 0. The topological polar surface area (TPSA) is 0 Å². The molecule has 0 aliphatic carbocycles. The predicted octanol–water partition coefficient (Wildman–Crippen LogP) is 3.17. The molecule has 10 heavy (non-hydrogen) atoms. The monoisotopic (exact) mass is 142 g/mol. The van der Waals surface area contributed by atoms with Crippen LogP contribution in [0.15, 0.2) is 30.3 Å². The van der Waals surface area contributed by atoms with Crippen LogP contribution in [0.4, 0.5) is 4.70 Å². The molecule has 0 bridgehead atoms. The molecule has 0 aromatic heterocycles. The Morgan fingerprint density at radius 3 is 1.50 bits per heavy atom. The fourth-order valence-electron chi connectivity index (χ4n) is 0.534. The second-order valence-electron chi connectivity index (χ2n) is 1.65. The van der Waals surface area contributed by atoms with Gasteiger partial charge in [0.05, 0.1) is 0 Å². The molecular formula is C9H15F. The predicted molar refractivity (Wildman–Crippen MR) is 45.0 cm³/mol. The number of aryl methyl sites for hydroxylation is 1. The molecule has 0 saturated carbocycles. The lowest BCUT2D eigenvalue weighted by Crippen LogP contribution is -1.62. The molecule has 0 spiro atoms. The Morgan fingerprint density at radius 2 is 1.30 bits per heavy atom. The van der Waals surface area contributed by atoms with E-state index in [9.17, 15) is 0 Å². The smallest absolute Gasteiger partial charge is 0.0398 e. The fourth-order valence-corrected chi connectivity index (χ4v) is 0.534. The quantitative estimate of drug-likeness (QED) is 0.522. The number of rotatable bonds is 0. The standard InChI is InChI=1S/C7H8.C2H6.FH/c1-7-5-3-2-4-6-7;1-2;/h2-6H,1H3;1-2H3;1H. The molecule has 58 valence electrons.